The van der Waals surface area contributed by atoms with Crippen LogP contribution in [0.4, 0.5) is 5.69 Å². The summed E-state index contributed by atoms with van der Waals surface area (Å²) in [6, 6.07) is 22.4. The summed E-state index contributed by atoms with van der Waals surface area (Å²) in [4.78, 5) is 12.5. The van der Waals surface area contributed by atoms with Gasteiger partial charge in [0.25, 0.3) is 10.0 Å². The third-order valence-corrected chi connectivity index (χ3v) is 5.80. The minimum Gasteiger partial charge on any atom is -0.422 e. The van der Waals surface area contributed by atoms with Crippen LogP contribution < -0.4 is 10.3 Å². The molecule has 0 saturated heterocycles. The van der Waals surface area contributed by atoms with Gasteiger partial charge in [-0.2, -0.15) is 0 Å². The second-order valence-corrected chi connectivity index (χ2v) is 8.17. The highest BCUT2D eigenvalue weighted by atomic mass is 32.2. The highest BCUT2D eigenvalue weighted by molar-refractivity contribution is 7.92. The van der Waals surface area contributed by atoms with Crippen LogP contribution >= 0.6 is 0 Å². The normalized spacial score (nSPS) is 11.5. The molecule has 5 nitrogen and oxygen atoms in total. The Bertz CT molecular complexity index is 1310. The molecule has 0 saturated carbocycles. The van der Waals surface area contributed by atoms with Gasteiger partial charge in [0.2, 0.25) is 0 Å². The Balaban J connectivity index is 1.70. The van der Waals surface area contributed by atoms with Crippen molar-refractivity contribution in [2.24, 2.45) is 0 Å². The van der Waals surface area contributed by atoms with Gasteiger partial charge < -0.3 is 4.42 Å². The zero-order valence-electron chi connectivity index (χ0n) is 15.0. The highest BCUT2D eigenvalue weighted by Crippen LogP contribution is 2.25. The highest BCUT2D eigenvalue weighted by Gasteiger charge is 2.15. The number of nitrogens with one attached hydrogen (secondary N) is 1. The van der Waals surface area contributed by atoms with E-state index in [-0.39, 0.29) is 4.90 Å². The minimum atomic E-state index is -3.73. The number of rotatable bonds is 4. The third kappa shape index (κ3) is 3.54. The Hall–Kier alpha value is -3.38. The first-order chi connectivity index (χ1) is 13.4. The van der Waals surface area contributed by atoms with E-state index >= 15 is 0 Å². The van der Waals surface area contributed by atoms with Crippen LogP contribution in [0.2, 0.25) is 0 Å². The second kappa shape index (κ2) is 6.98. The van der Waals surface area contributed by atoms with E-state index in [0.29, 0.717) is 22.2 Å². The smallest absolute Gasteiger partial charge is 0.344 e. The zero-order valence-corrected chi connectivity index (χ0v) is 15.9. The van der Waals surface area contributed by atoms with E-state index in [2.05, 4.69) is 4.72 Å². The lowest BCUT2D eigenvalue weighted by Gasteiger charge is -2.09. The molecule has 28 heavy (non-hydrogen) atoms. The van der Waals surface area contributed by atoms with Crippen molar-refractivity contribution < 1.29 is 12.8 Å². The van der Waals surface area contributed by atoms with Gasteiger partial charge in [-0.1, -0.05) is 48.0 Å². The van der Waals surface area contributed by atoms with Crippen LogP contribution in [0.3, 0.4) is 0 Å². The zero-order chi connectivity index (χ0) is 19.7. The summed E-state index contributed by atoms with van der Waals surface area (Å²) in [7, 11) is -3.73. The van der Waals surface area contributed by atoms with Crippen LogP contribution in [0.25, 0.3) is 22.1 Å². The van der Waals surface area contributed by atoms with Crippen molar-refractivity contribution >= 4 is 26.7 Å². The summed E-state index contributed by atoms with van der Waals surface area (Å²) < 4.78 is 33.1. The lowest BCUT2D eigenvalue weighted by atomic mass is 10.1. The number of sulfonamides is 1. The van der Waals surface area contributed by atoms with E-state index in [1.165, 1.54) is 6.07 Å². The van der Waals surface area contributed by atoms with Crippen LogP contribution in [0.1, 0.15) is 5.56 Å². The maximum atomic E-state index is 12.6. The van der Waals surface area contributed by atoms with Gasteiger partial charge in [0.15, 0.2) is 0 Å². The molecule has 6 heteroatoms. The van der Waals surface area contributed by atoms with E-state index in [1.54, 1.807) is 42.5 Å². The first-order valence-corrected chi connectivity index (χ1v) is 10.1. The first-order valence-electron chi connectivity index (χ1n) is 8.65. The van der Waals surface area contributed by atoms with Gasteiger partial charge in [0.1, 0.15) is 5.58 Å². The van der Waals surface area contributed by atoms with E-state index < -0.39 is 15.6 Å². The maximum absolute atomic E-state index is 12.6. The molecule has 1 N–H and O–H groups in total. The molecule has 0 aliphatic heterocycles. The summed E-state index contributed by atoms with van der Waals surface area (Å²) in [5.41, 5.74) is 2.36. The first kappa shape index (κ1) is 18.0. The predicted octanol–water partition coefficient (Wildman–Crippen LogP) is 4.57. The van der Waals surface area contributed by atoms with Crippen molar-refractivity contribution in [2.45, 2.75) is 11.8 Å². The fourth-order valence-electron chi connectivity index (χ4n) is 2.93. The van der Waals surface area contributed by atoms with Crippen LogP contribution in [0.15, 0.2) is 93.0 Å². The van der Waals surface area contributed by atoms with Gasteiger partial charge in [-0.3, -0.25) is 4.72 Å². The Morgan fingerprint density at radius 3 is 2.29 bits per heavy atom. The molecule has 0 radical (unpaired) electrons. The topological polar surface area (TPSA) is 76.4 Å². The summed E-state index contributed by atoms with van der Waals surface area (Å²) in [5.74, 6) is 0. The van der Waals surface area contributed by atoms with Crippen LogP contribution in [0.5, 0.6) is 0 Å². The average Bonchev–Trinajstić information content (AvgIpc) is 2.68. The summed E-state index contributed by atoms with van der Waals surface area (Å²) in [6.07, 6.45) is 0. The molecule has 4 aromatic rings. The lowest BCUT2D eigenvalue weighted by molar-refractivity contribution is 0.563. The molecular weight excluding hydrogens is 374 g/mol. The molecule has 1 heterocycles. The number of aryl methyl sites for hydroxylation is 1. The monoisotopic (exact) mass is 391 g/mol. The molecule has 0 spiro atoms. The fraction of sp³-hybridized carbons (Fsp3) is 0.0455. The van der Waals surface area contributed by atoms with Gasteiger partial charge in [-0.25, -0.2) is 13.2 Å². The van der Waals surface area contributed by atoms with Gasteiger partial charge >= 0.3 is 5.63 Å². The quantitative estimate of drug-likeness (QED) is 0.517. The van der Waals surface area contributed by atoms with E-state index in [0.717, 1.165) is 11.1 Å². The van der Waals surface area contributed by atoms with Gasteiger partial charge in [-0.15, -0.1) is 0 Å². The summed E-state index contributed by atoms with van der Waals surface area (Å²) in [5, 5.41) is 0.705. The van der Waals surface area contributed by atoms with Crippen LogP contribution in [-0.2, 0) is 10.0 Å². The minimum absolute atomic E-state index is 0.166. The van der Waals surface area contributed by atoms with Crippen LogP contribution in [0, 0.1) is 6.92 Å². The summed E-state index contributed by atoms with van der Waals surface area (Å²) in [6.45, 7) is 1.89. The van der Waals surface area contributed by atoms with E-state index in [4.69, 9.17) is 4.42 Å². The average molecular weight is 391 g/mol. The molecule has 0 unspecified atom stereocenters. The van der Waals surface area contributed by atoms with Crippen molar-refractivity contribution in [2.75, 3.05) is 4.72 Å². The Labute approximate surface area is 162 Å². The molecule has 4 rings (SSSR count). The van der Waals surface area contributed by atoms with E-state index in [1.807, 2.05) is 37.3 Å². The number of hydrogen-bond donors (Lipinski definition) is 1. The second-order valence-electron chi connectivity index (χ2n) is 6.48. The molecule has 1 aromatic heterocycles. The van der Waals surface area contributed by atoms with Crippen molar-refractivity contribution in [3.63, 3.8) is 0 Å². The Morgan fingerprint density at radius 1 is 0.857 bits per heavy atom. The fourth-order valence-corrected chi connectivity index (χ4v) is 3.97. The lowest BCUT2D eigenvalue weighted by Crippen LogP contribution is -2.13. The molecule has 3 aromatic carbocycles. The Kier molecular flexibility index (Phi) is 4.49. The third-order valence-electron chi connectivity index (χ3n) is 4.40. The molecule has 0 aliphatic carbocycles. The Morgan fingerprint density at radius 2 is 1.57 bits per heavy atom. The SMILES string of the molecule is Cc1ccc(S(=O)(=O)Nc2ccc3cc(-c4ccccc4)c(=O)oc3c2)cc1. The van der Waals surface area contributed by atoms with Gasteiger partial charge in [0.05, 0.1) is 16.1 Å². The van der Waals surface area contributed by atoms with Crippen molar-refractivity contribution in [3.8, 4) is 11.1 Å². The maximum Gasteiger partial charge on any atom is 0.344 e. The molecule has 140 valence electrons. The predicted molar refractivity (Wildman–Crippen MR) is 110 cm³/mol. The standard InChI is InChI=1S/C22H17NO4S/c1-15-7-11-19(12-8-15)28(25,26)23-18-10-9-17-13-20(16-5-3-2-4-6-16)22(24)27-21(17)14-18/h2-14,23H,1H3. The van der Waals surface area contributed by atoms with Gasteiger partial charge in [-0.05, 0) is 42.8 Å². The largest absolute Gasteiger partial charge is 0.422 e. The van der Waals surface area contributed by atoms with Gasteiger partial charge in [0, 0.05) is 11.5 Å². The summed E-state index contributed by atoms with van der Waals surface area (Å²) >= 11 is 0. The van der Waals surface area contributed by atoms with Crippen LogP contribution in [-0.4, -0.2) is 8.42 Å². The molecule has 0 aliphatic rings. The molecule has 0 amide bonds. The molecular formula is C22H17NO4S. The van der Waals surface area contributed by atoms with Crippen molar-refractivity contribution in [1.82, 2.24) is 0 Å². The number of anilines is 1. The number of hydrogen-bond acceptors (Lipinski definition) is 4. The van der Waals surface area contributed by atoms with E-state index in [9.17, 15) is 13.2 Å². The molecule has 0 bridgehead atoms. The van der Waals surface area contributed by atoms with Crippen molar-refractivity contribution in [1.29, 1.82) is 0 Å². The molecule has 0 atom stereocenters. The van der Waals surface area contributed by atoms with Crippen molar-refractivity contribution in [3.05, 3.63) is 94.8 Å². The molecule has 0 fully saturated rings. The number of benzene rings is 3. The number of fused-ring (bicyclic) bond motifs is 1.